The molecular formula is C14H16FN3O. The SMILES string of the molecule is CCOc1ccc(Nc2ccc(N)c(N)c2)cc1F. The molecule has 0 atom stereocenters. The fourth-order valence-corrected chi connectivity index (χ4v) is 1.67. The van der Waals surface area contributed by atoms with Crippen molar-refractivity contribution in [1.82, 2.24) is 0 Å². The number of rotatable bonds is 4. The summed E-state index contributed by atoms with van der Waals surface area (Å²) in [6, 6.07) is 9.87. The van der Waals surface area contributed by atoms with Gasteiger partial charge in [-0.25, -0.2) is 4.39 Å². The summed E-state index contributed by atoms with van der Waals surface area (Å²) in [6.07, 6.45) is 0. The summed E-state index contributed by atoms with van der Waals surface area (Å²) in [5.74, 6) is -0.167. The molecule has 5 heteroatoms. The Morgan fingerprint density at radius 1 is 1.05 bits per heavy atom. The van der Waals surface area contributed by atoms with Crippen molar-refractivity contribution in [3.05, 3.63) is 42.2 Å². The summed E-state index contributed by atoms with van der Waals surface area (Å²) in [4.78, 5) is 0. The third-order valence-corrected chi connectivity index (χ3v) is 2.61. The topological polar surface area (TPSA) is 73.3 Å². The van der Waals surface area contributed by atoms with Gasteiger partial charge in [0.2, 0.25) is 0 Å². The van der Waals surface area contributed by atoms with E-state index in [4.69, 9.17) is 16.2 Å². The zero-order valence-electron chi connectivity index (χ0n) is 10.6. The van der Waals surface area contributed by atoms with Gasteiger partial charge in [-0.3, -0.25) is 0 Å². The number of hydrogen-bond acceptors (Lipinski definition) is 4. The normalized spacial score (nSPS) is 10.2. The Morgan fingerprint density at radius 2 is 1.74 bits per heavy atom. The minimum Gasteiger partial charge on any atom is -0.491 e. The first-order valence-corrected chi connectivity index (χ1v) is 5.94. The standard InChI is InChI=1S/C14H16FN3O/c1-2-19-14-6-4-9(7-11(14)15)18-10-3-5-12(16)13(17)8-10/h3-8,18H,2,16-17H2,1H3. The lowest BCUT2D eigenvalue weighted by molar-refractivity contribution is 0.321. The van der Waals surface area contributed by atoms with Crippen molar-refractivity contribution in [2.45, 2.75) is 6.92 Å². The lowest BCUT2D eigenvalue weighted by Gasteiger charge is -2.10. The van der Waals surface area contributed by atoms with Crippen molar-refractivity contribution in [3.8, 4) is 5.75 Å². The first kappa shape index (κ1) is 13.0. The molecule has 0 aromatic heterocycles. The van der Waals surface area contributed by atoms with Gasteiger partial charge in [0, 0.05) is 17.4 Å². The second-order valence-corrected chi connectivity index (χ2v) is 4.05. The first-order valence-electron chi connectivity index (χ1n) is 5.94. The molecule has 0 aliphatic rings. The van der Waals surface area contributed by atoms with Crippen LogP contribution in [0.5, 0.6) is 5.75 Å². The maximum atomic E-state index is 13.7. The van der Waals surface area contributed by atoms with Gasteiger partial charge in [-0.2, -0.15) is 0 Å². The van der Waals surface area contributed by atoms with E-state index in [1.165, 1.54) is 6.07 Å². The third kappa shape index (κ3) is 3.07. The van der Waals surface area contributed by atoms with Crippen molar-refractivity contribution < 1.29 is 9.13 Å². The van der Waals surface area contributed by atoms with Crippen LogP contribution in [-0.4, -0.2) is 6.61 Å². The second kappa shape index (κ2) is 5.48. The highest BCUT2D eigenvalue weighted by Gasteiger charge is 2.05. The molecule has 0 fully saturated rings. The smallest absolute Gasteiger partial charge is 0.167 e. The predicted octanol–water partition coefficient (Wildman–Crippen LogP) is 3.13. The lowest BCUT2D eigenvalue weighted by Crippen LogP contribution is -1.98. The molecular weight excluding hydrogens is 245 g/mol. The third-order valence-electron chi connectivity index (χ3n) is 2.61. The Bertz CT molecular complexity index is 587. The molecule has 4 nitrogen and oxygen atoms in total. The van der Waals surface area contributed by atoms with Crippen LogP contribution in [-0.2, 0) is 0 Å². The number of nitrogens with two attached hydrogens (primary N) is 2. The van der Waals surface area contributed by atoms with Crippen molar-refractivity contribution in [3.63, 3.8) is 0 Å². The fraction of sp³-hybridized carbons (Fsp3) is 0.143. The van der Waals surface area contributed by atoms with Crippen LogP contribution in [0.25, 0.3) is 0 Å². The van der Waals surface area contributed by atoms with E-state index in [9.17, 15) is 4.39 Å². The Morgan fingerprint density at radius 3 is 2.37 bits per heavy atom. The molecule has 19 heavy (non-hydrogen) atoms. The molecule has 0 aliphatic carbocycles. The molecule has 2 aromatic carbocycles. The highest BCUT2D eigenvalue weighted by molar-refractivity contribution is 5.72. The highest BCUT2D eigenvalue weighted by Crippen LogP contribution is 2.26. The minimum absolute atomic E-state index is 0.241. The van der Waals surface area contributed by atoms with Gasteiger partial charge in [0.05, 0.1) is 18.0 Å². The Hall–Kier alpha value is -2.43. The van der Waals surface area contributed by atoms with E-state index < -0.39 is 5.82 Å². The van der Waals surface area contributed by atoms with Crippen LogP contribution in [0.3, 0.4) is 0 Å². The molecule has 0 saturated heterocycles. The molecule has 0 aliphatic heterocycles. The van der Waals surface area contributed by atoms with Crippen molar-refractivity contribution in [2.75, 3.05) is 23.4 Å². The lowest BCUT2D eigenvalue weighted by atomic mass is 10.2. The van der Waals surface area contributed by atoms with Gasteiger partial charge < -0.3 is 21.5 Å². The number of nitrogens with one attached hydrogen (secondary N) is 1. The second-order valence-electron chi connectivity index (χ2n) is 4.05. The monoisotopic (exact) mass is 261 g/mol. The van der Waals surface area contributed by atoms with Crippen LogP contribution in [0.2, 0.25) is 0 Å². The molecule has 2 rings (SSSR count). The number of nitrogen functional groups attached to an aromatic ring is 2. The molecule has 0 heterocycles. The minimum atomic E-state index is -0.407. The van der Waals surface area contributed by atoms with Gasteiger partial charge in [-0.1, -0.05) is 0 Å². The molecule has 0 spiro atoms. The molecule has 0 amide bonds. The molecule has 0 radical (unpaired) electrons. The van der Waals surface area contributed by atoms with Gasteiger partial charge in [0.25, 0.3) is 0 Å². The Balaban J connectivity index is 2.19. The summed E-state index contributed by atoms with van der Waals surface area (Å²) >= 11 is 0. The largest absolute Gasteiger partial charge is 0.491 e. The summed E-state index contributed by atoms with van der Waals surface area (Å²) in [6.45, 7) is 2.24. The first-order chi connectivity index (χ1) is 9.10. The van der Waals surface area contributed by atoms with Crippen molar-refractivity contribution in [1.29, 1.82) is 0 Å². The van der Waals surface area contributed by atoms with Gasteiger partial charge in [0.1, 0.15) is 0 Å². The van der Waals surface area contributed by atoms with Gasteiger partial charge in [-0.05, 0) is 37.3 Å². The summed E-state index contributed by atoms with van der Waals surface area (Å²) in [5, 5.41) is 3.05. The Labute approximate surface area is 111 Å². The van der Waals surface area contributed by atoms with Crippen LogP contribution >= 0.6 is 0 Å². The average molecular weight is 261 g/mol. The maximum Gasteiger partial charge on any atom is 0.167 e. The zero-order valence-corrected chi connectivity index (χ0v) is 10.6. The average Bonchev–Trinajstić information content (AvgIpc) is 2.37. The predicted molar refractivity (Wildman–Crippen MR) is 76.1 cm³/mol. The van der Waals surface area contributed by atoms with E-state index in [0.29, 0.717) is 23.7 Å². The molecule has 2 aromatic rings. The van der Waals surface area contributed by atoms with E-state index in [1.54, 1.807) is 30.3 Å². The van der Waals surface area contributed by atoms with Crippen LogP contribution in [0.4, 0.5) is 27.1 Å². The zero-order chi connectivity index (χ0) is 13.8. The maximum absolute atomic E-state index is 13.7. The van der Waals surface area contributed by atoms with Gasteiger partial charge in [-0.15, -0.1) is 0 Å². The van der Waals surface area contributed by atoms with Crippen LogP contribution in [0, 0.1) is 5.82 Å². The van der Waals surface area contributed by atoms with E-state index in [-0.39, 0.29) is 5.75 Å². The van der Waals surface area contributed by atoms with Crippen molar-refractivity contribution in [2.24, 2.45) is 0 Å². The quantitative estimate of drug-likeness (QED) is 0.739. The van der Waals surface area contributed by atoms with Gasteiger partial charge >= 0.3 is 0 Å². The Kier molecular flexibility index (Phi) is 3.75. The molecule has 0 bridgehead atoms. The van der Waals surface area contributed by atoms with E-state index in [1.807, 2.05) is 6.92 Å². The molecule has 5 N–H and O–H groups in total. The van der Waals surface area contributed by atoms with Crippen LogP contribution in [0.1, 0.15) is 6.92 Å². The molecule has 100 valence electrons. The summed E-state index contributed by atoms with van der Waals surface area (Å²) in [7, 11) is 0. The fourth-order valence-electron chi connectivity index (χ4n) is 1.67. The summed E-state index contributed by atoms with van der Waals surface area (Å²) < 4.78 is 18.8. The van der Waals surface area contributed by atoms with Gasteiger partial charge in [0.15, 0.2) is 11.6 Å². The number of hydrogen-bond donors (Lipinski definition) is 3. The van der Waals surface area contributed by atoms with E-state index >= 15 is 0 Å². The van der Waals surface area contributed by atoms with E-state index in [0.717, 1.165) is 5.69 Å². The number of anilines is 4. The van der Waals surface area contributed by atoms with Crippen LogP contribution < -0.4 is 21.5 Å². The van der Waals surface area contributed by atoms with Crippen molar-refractivity contribution >= 4 is 22.7 Å². The molecule has 0 saturated carbocycles. The highest BCUT2D eigenvalue weighted by atomic mass is 19.1. The summed E-state index contributed by atoms with van der Waals surface area (Å²) in [5.41, 5.74) is 13.7. The number of halogens is 1. The van der Waals surface area contributed by atoms with Crippen LogP contribution in [0.15, 0.2) is 36.4 Å². The number of ether oxygens (including phenoxy) is 1. The molecule has 0 unspecified atom stereocenters. The van der Waals surface area contributed by atoms with E-state index in [2.05, 4.69) is 5.32 Å². The number of benzene rings is 2.